The molecule has 3 nitrogen and oxygen atoms in total. The minimum atomic E-state index is -0.238. The number of aliphatic hydroxyl groups is 1. The largest absolute Gasteiger partial charge is 0.508 e. The van der Waals surface area contributed by atoms with Gasteiger partial charge in [0.2, 0.25) is 0 Å². The molecular weight excluding hydrogens is 454 g/mol. The summed E-state index contributed by atoms with van der Waals surface area (Å²) in [6.45, 7) is 25.8. The second-order valence-corrected chi connectivity index (χ2v) is 14.6. The van der Waals surface area contributed by atoms with E-state index < -0.39 is 0 Å². The quantitative estimate of drug-likeness (QED) is 0.431. The average Bonchev–Trinajstić information content (AvgIpc) is 2.73. The molecule has 0 unspecified atom stereocenters. The summed E-state index contributed by atoms with van der Waals surface area (Å²) in [7, 11) is 0. The second-order valence-electron chi connectivity index (χ2n) is 14.6. The van der Waals surface area contributed by atoms with Gasteiger partial charge < -0.3 is 10.2 Å². The van der Waals surface area contributed by atoms with Crippen LogP contribution in [0.3, 0.4) is 0 Å². The molecule has 1 aliphatic carbocycles. The van der Waals surface area contributed by atoms with Gasteiger partial charge in [-0.3, -0.25) is 4.98 Å². The van der Waals surface area contributed by atoms with Crippen molar-refractivity contribution < 1.29 is 10.2 Å². The van der Waals surface area contributed by atoms with Gasteiger partial charge in [-0.15, -0.1) is 0 Å². The van der Waals surface area contributed by atoms with Gasteiger partial charge >= 0.3 is 0 Å². The second kappa shape index (κ2) is 9.49. The Bertz CT molecular complexity index is 1230. The molecule has 0 spiro atoms. The fraction of sp³-hybridized carbons (Fsp3) is 0.500. The molecule has 1 aliphatic rings. The first kappa shape index (κ1) is 28.8. The van der Waals surface area contributed by atoms with Gasteiger partial charge in [0, 0.05) is 29.1 Å². The smallest absolute Gasteiger partial charge is 0.123 e. The van der Waals surface area contributed by atoms with Crippen LogP contribution in [-0.4, -0.2) is 15.2 Å². The van der Waals surface area contributed by atoms with Gasteiger partial charge in [0.05, 0.1) is 0 Å². The lowest BCUT2D eigenvalue weighted by molar-refractivity contribution is 0.344. The fourth-order valence-corrected chi connectivity index (χ4v) is 5.05. The summed E-state index contributed by atoms with van der Waals surface area (Å²) < 4.78 is 0. The number of nitrogens with zero attached hydrogens (tertiary/aromatic N) is 1. The van der Waals surface area contributed by atoms with E-state index in [4.69, 9.17) is 0 Å². The van der Waals surface area contributed by atoms with Crippen LogP contribution in [0.15, 0.2) is 65.2 Å². The highest BCUT2D eigenvalue weighted by atomic mass is 16.3. The summed E-state index contributed by atoms with van der Waals surface area (Å²) in [6.07, 6.45) is 6.55. The lowest BCUT2D eigenvalue weighted by Gasteiger charge is -2.35. The lowest BCUT2D eigenvalue weighted by Crippen LogP contribution is -2.22. The van der Waals surface area contributed by atoms with Gasteiger partial charge in [0.15, 0.2) is 0 Å². The summed E-state index contributed by atoms with van der Waals surface area (Å²) in [5.41, 5.74) is 7.31. The Morgan fingerprint density at radius 3 is 1.68 bits per heavy atom. The predicted octanol–water partition coefficient (Wildman–Crippen LogP) is 9.42. The van der Waals surface area contributed by atoms with Crippen LogP contribution in [-0.2, 0) is 10.8 Å². The third-order valence-electron chi connectivity index (χ3n) is 7.23. The van der Waals surface area contributed by atoms with Crippen molar-refractivity contribution in [1.82, 2.24) is 4.98 Å². The molecule has 0 aliphatic heterocycles. The highest BCUT2D eigenvalue weighted by molar-refractivity contribution is 5.85. The standard InChI is InChI=1S/C34H47NO2/c1-31(2,3)24-16-22(17-25(29(24)36)32(4,5)6)28(21-14-13-15-35-20-21)23-18-26(33(7,8)9)30(37)27(19-23)34(10,11)12/h13-18,20,36-37H,19H2,1-12H3. The molecule has 0 amide bonds. The summed E-state index contributed by atoms with van der Waals surface area (Å²) in [5, 5.41) is 22.8. The summed E-state index contributed by atoms with van der Waals surface area (Å²) >= 11 is 0. The van der Waals surface area contributed by atoms with E-state index in [0.29, 0.717) is 17.9 Å². The van der Waals surface area contributed by atoms with E-state index in [2.05, 4.69) is 112 Å². The van der Waals surface area contributed by atoms with Crippen LogP contribution in [0.5, 0.6) is 5.75 Å². The monoisotopic (exact) mass is 501 g/mol. The van der Waals surface area contributed by atoms with E-state index in [9.17, 15) is 10.2 Å². The number of phenolic OH excluding ortho intramolecular Hbond substituents is 1. The molecule has 37 heavy (non-hydrogen) atoms. The highest BCUT2D eigenvalue weighted by Gasteiger charge is 2.34. The first-order chi connectivity index (χ1) is 16.7. The number of phenols is 1. The third-order valence-corrected chi connectivity index (χ3v) is 7.23. The zero-order valence-electron chi connectivity index (χ0n) is 25.1. The summed E-state index contributed by atoms with van der Waals surface area (Å²) in [5.74, 6) is 0.799. The average molecular weight is 502 g/mol. The minimum absolute atomic E-state index is 0.192. The molecule has 0 fully saturated rings. The molecule has 200 valence electrons. The Morgan fingerprint density at radius 2 is 1.27 bits per heavy atom. The Balaban J connectivity index is 2.51. The van der Waals surface area contributed by atoms with Gasteiger partial charge in [0.25, 0.3) is 0 Å². The molecule has 2 aromatic rings. The van der Waals surface area contributed by atoms with Crippen LogP contribution in [0.2, 0.25) is 0 Å². The van der Waals surface area contributed by atoms with Crippen molar-refractivity contribution in [3.05, 3.63) is 87.5 Å². The topological polar surface area (TPSA) is 53.4 Å². The Kier molecular flexibility index (Phi) is 7.38. The molecule has 0 bridgehead atoms. The molecule has 0 radical (unpaired) electrons. The van der Waals surface area contributed by atoms with Gasteiger partial charge in [-0.05, 0) is 74.1 Å². The Labute approximate surface area is 225 Å². The van der Waals surface area contributed by atoms with Crippen molar-refractivity contribution in [2.45, 2.75) is 100 Å². The van der Waals surface area contributed by atoms with Crippen LogP contribution < -0.4 is 0 Å². The first-order valence-corrected chi connectivity index (χ1v) is 13.4. The molecule has 1 aromatic carbocycles. The molecule has 0 atom stereocenters. The van der Waals surface area contributed by atoms with Crippen molar-refractivity contribution in [2.24, 2.45) is 10.8 Å². The third kappa shape index (κ3) is 6.03. The zero-order chi connectivity index (χ0) is 28.1. The number of aromatic hydroxyl groups is 1. The zero-order valence-corrected chi connectivity index (χ0v) is 25.1. The van der Waals surface area contributed by atoms with Crippen LogP contribution in [0, 0.1) is 10.8 Å². The van der Waals surface area contributed by atoms with Crippen LogP contribution in [0.1, 0.15) is 112 Å². The van der Waals surface area contributed by atoms with E-state index in [1.54, 1.807) is 6.20 Å². The number of hydrogen-bond acceptors (Lipinski definition) is 3. The van der Waals surface area contributed by atoms with E-state index in [-0.39, 0.29) is 21.7 Å². The molecule has 3 heteroatoms. The van der Waals surface area contributed by atoms with Crippen LogP contribution in [0.4, 0.5) is 0 Å². The fourth-order valence-electron chi connectivity index (χ4n) is 5.05. The van der Waals surface area contributed by atoms with E-state index in [0.717, 1.165) is 44.5 Å². The normalized spacial score (nSPS) is 17.1. The maximum absolute atomic E-state index is 11.4. The number of hydrogen-bond donors (Lipinski definition) is 2. The number of rotatable bonds is 2. The Morgan fingerprint density at radius 1 is 0.730 bits per heavy atom. The van der Waals surface area contributed by atoms with Crippen molar-refractivity contribution in [1.29, 1.82) is 0 Å². The molecule has 1 aromatic heterocycles. The maximum Gasteiger partial charge on any atom is 0.123 e. The number of benzene rings is 1. The summed E-state index contributed by atoms with van der Waals surface area (Å²) in [6, 6.07) is 8.38. The highest BCUT2D eigenvalue weighted by Crippen LogP contribution is 2.48. The van der Waals surface area contributed by atoms with E-state index in [1.807, 2.05) is 12.3 Å². The molecule has 2 N–H and O–H groups in total. The van der Waals surface area contributed by atoms with Crippen molar-refractivity contribution in [3.8, 4) is 5.75 Å². The maximum atomic E-state index is 11.4. The van der Waals surface area contributed by atoms with Gasteiger partial charge in [-0.25, -0.2) is 0 Å². The minimum Gasteiger partial charge on any atom is -0.508 e. The van der Waals surface area contributed by atoms with E-state index >= 15 is 0 Å². The number of pyridine rings is 1. The number of aromatic nitrogens is 1. The molecular formula is C34H47NO2. The van der Waals surface area contributed by atoms with Crippen LogP contribution >= 0.6 is 0 Å². The predicted molar refractivity (Wildman–Crippen MR) is 157 cm³/mol. The molecule has 1 heterocycles. The van der Waals surface area contributed by atoms with Crippen molar-refractivity contribution >= 4 is 5.57 Å². The van der Waals surface area contributed by atoms with Crippen LogP contribution in [0.25, 0.3) is 5.57 Å². The molecule has 0 saturated carbocycles. The number of aliphatic hydroxyl groups excluding tert-OH is 1. The van der Waals surface area contributed by atoms with Gasteiger partial charge in [-0.1, -0.05) is 95.2 Å². The van der Waals surface area contributed by atoms with Crippen molar-refractivity contribution in [3.63, 3.8) is 0 Å². The lowest BCUT2D eigenvalue weighted by atomic mass is 9.71. The molecule has 3 rings (SSSR count). The van der Waals surface area contributed by atoms with Gasteiger partial charge in [-0.2, -0.15) is 0 Å². The van der Waals surface area contributed by atoms with Crippen molar-refractivity contribution in [2.75, 3.05) is 0 Å². The Hall–Kier alpha value is -2.81. The SMILES string of the molecule is CC(C)(C)C1=CC(=C(c2cccnc2)c2cc(C(C)(C)C)c(O)c(C(C)(C)C)c2)CC(C(C)(C)C)=C1O. The van der Waals surface area contributed by atoms with Gasteiger partial charge in [0.1, 0.15) is 11.5 Å². The van der Waals surface area contributed by atoms with E-state index in [1.165, 1.54) is 0 Å². The summed E-state index contributed by atoms with van der Waals surface area (Å²) in [4.78, 5) is 4.47. The number of allylic oxidation sites excluding steroid dienone is 4. The molecule has 0 saturated heterocycles. The first-order valence-electron chi connectivity index (χ1n) is 13.4.